The van der Waals surface area contributed by atoms with E-state index in [4.69, 9.17) is 4.74 Å². The number of hydrogen-bond donors (Lipinski definition) is 0. The average Bonchev–Trinajstić information content (AvgIpc) is 3.09. The molecule has 1 saturated carbocycles. The minimum Gasteiger partial charge on any atom is -0.468 e. The topological polar surface area (TPSA) is 46.6 Å². The van der Waals surface area contributed by atoms with E-state index in [9.17, 15) is 9.59 Å². The highest BCUT2D eigenvalue weighted by Crippen LogP contribution is 2.48. The van der Waals surface area contributed by atoms with Gasteiger partial charge in [-0.05, 0) is 31.6 Å². The highest BCUT2D eigenvalue weighted by molar-refractivity contribution is 6.05. The number of piperidine rings is 1. The molecule has 90 valence electrons. The summed E-state index contributed by atoms with van der Waals surface area (Å²) in [6.45, 7) is 3.78. The SMILES string of the molecule is COC(=O)C1(C(=O)N2CCC(C)CC2)CC1. The van der Waals surface area contributed by atoms with Crippen LogP contribution in [0.5, 0.6) is 0 Å². The Balaban J connectivity index is 2.00. The lowest BCUT2D eigenvalue weighted by Crippen LogP contribution is -2.45. The second-order valence-electron chi connectivity index (χ2n) is 5.05. The summed E-state index contributed by atoms with van der Waals surface area (Å²) in [5, 5.41) is 0. The molecule has 0 aromatic heterocycles. The van der Waals surface area contributed by atoms with Crippen molar-refractivity contribution in [1.82, 2.24) is 4.90 Å². The number of nitrogens with zero attached hydrogens (tertiary/aromatic N) is 1. The van der Waals surface area contributed by atoms with Crippen molar-refractivity contribution in [3.63, 3.8) is 0 Å². The predicted molar refractivity (Wildman–Crippen MR) is 58.7 cm³/mol. The van der Waals surface area contributed by atoms with Gasteiger partial charge in [0.15, 0.2) is 0 Å². The van der Waals surface area contributed by atoms with Crippen LogP contribution in [0.25, 0.3) is 0 Å². The molecule has 0 aromatic carbocycles. The molecule has 0 radical (unpaired) electrons. The highest BCUT2D eigenvalue weighted by atomic mass is 16.5. The van der Waals surface area contributed by atoms with Crippen LogP contribution in [0.15, 0.2) is 0 Å². The molecule has 16 heavy (non-hydrogen) atoms. The van der Waals surface area contributed by atoms with E-state index in [0.29, 0.717) is 18.8 Å². The third-order valence-corrected chi connectivity index (χ3v) is 3.81. The fraction of sp³-hybridized carbons (Fsp3) is 0.833. The number of amides is 1. The van der Waals surface area contributed by atoms with Crippen molar-refractivity contribution >= 4 is 11.9 Å². The minimum absolute atomic E-state index is 0.00810. The molecule has 1 aliphatic heterocycles. The van der Waals surface area contributed by atoms with Gasteiger partial charge in [-0.15, -0.1) is 0 Å². The van der Waals surface area contributed by atoms with E-state index < -0.39 is 5.41 Å². The van der Waals surface area contributed by atoms with Crippen LogP contribution in [0.3, 0.4) is 0 Å². The molecule has 0 bridgehead atoms. The summed E-state index contributed by atoms with van der Waals surface area (Å²) in [5.41, 5.74) is -0.810. The van der Waals surface area contributed by atoms with E-state index >= 15 is 0 Å². The van der Waals surface area contributed by atoms with Gasteiger partial charge in [-0.1, -0.05) is 6.92 Å². The molecule has 0 N–H and O–H groups in total. The second-order valence-corrected chi connectivity index (χ2v) is 5.05. The fourth-order valence-electron chi connectivity index (χ4n) is 2.34. The van der Waals surface area contributed by atoms with Crippen molar-refractivity contribution in [3.05, 3.63) is 0 Å². The summed E-state index contributed by atoms with van der Waals surface area (Å²) < 4.78 is 4.72. The molecule has 0 atom stereocenters. The van der Waals surface area contributed by atoms with Gasteiger partial charge in [0.05, 0.1) is 7.11 Å². The van der Waals surface area contributed by atoms with Gasteiger partial charge >= 0.3 is 5.97 Å². The van der Waals surface area contributed by atoms with Crippen molar-refractivity contribution < 1.29 is 14.3 Å². The number of likely N-dealkylation sites (tertiary alicyclic amines) is 1. The molecule has 4 nitrogen and oxygen atoms in total. The zero-order valence-corrected chi connectivity index (χ0v) is 9.99. The van der Waals surface area contributed by atoms with Gasteiger partial charge in [-0.2, -0.15) is 0 Å². The van der Waals surface area contributed by atoms with E-state index in [1.165, 1.54) is 7.11 Å². The first kappa shape index (κ1) is 11.4. The number of ether oxygens (including phenoxy) is 1. The Morgan fingerprint density at radius 2 is 1.81 bits per heavy atom. The van der Waals surface area contributed by atoms with E-state index in [-0.39, 0.29) is 11.9 Å². The quantitative estimate of drug-likeness (QED) is 0.524. The van der Waals surface area contributed by atoms with Crippen LogP contribution in [0.4, 0.5) is 0 Å². The minimum atomic E-state index is -0.810. The van der Waals surface area contributed by atoms with Crippen LogP contribution in [-0.4, -0.2) is 37.0 Å². The first-order chi connectivity index (χ1) is 7.60. The third kappa shape index (κ3) is 1.81. The average molecular weight is 225 g/mol. The van der Waals surface area contributed by atoms with Crippen molar-refractivity contribution in [2.45, 2.75) is 32.6 Å². The Morgan fingerprint density at radius 3 is 2.25 bits per heavy atom. The zero-order valence-electron chi connectivity index (χ0n) is 9.99. The normalized spacial score (nSPS) is 24.0. The Labute approximate surface area is 95.9 Å². The number of rotatable bonds is 2. The van der Waals surface area contributed by atoms with Gasteiger partial charge in [-0.25, -0.2) is 0 Å². The van der Waals surface area contributed by atoms with Crippen LogP contribution < -0.4 is 0 Å². The summed E-state index contributed by atoms with van der Waals surface area (Å²) in [6, 6.07) is 0. The Hall–Kier alpha value is -1.06. The van der Waals surface area contributed by atoms with Gasteiger partial charge in [0.2, 0.25) is 5.91 Å². The maximum atomic E-state index is 12.2. The summed E-state index contributed by atoms with van der Waals surface area (Å²) >= 11 is 0. The molecule has 1 heterocycles. The van der Waals surface area contributed by atoms with Crippen LogP contribution in [0.2, 0.25) is 0 Å². The molecule has 2 aliphatic rings. The summed E-state index contributed by atoms with van der Waals surface area (Å²) in [5.74, 6) is 0.333. The number of hydrogen-bond acceptors (Lipinski definition) is 3. The lowest BCUT2D eigenvalue weighted by molar-refractivity contribution is -0.156. The highest BCUT2D eigenvalue weighted by Gasteiger charge is 2.59. The Morgan fingerprint density at radius 1 is 1.25 bits per heavy atom. The van der Waals surface area contributed by atoms with E-state index in [1.807, 2.05) is 4.90 Å². The molecule has 2 fully saturated rings. The lowest BCUT2D eigenvalue weighted by Gasteiger charge is -2.32. The van der Waals surface area contributed by atoms with Crippen molar-refractivity contribution in [2.24, 2.45) is 11.3 Å². The van der Waals surface area contributed by atoms with Crippen LogP contribution >= 0.6 is 0 Å². The maximum Gasteiger partial charge on any atom is 0.321 e. The summed E-state index contributed by atoms with van der Waals surface area (Å²) in [4.78, 5) is 25.6. The van der Waals surface area contributed by atoms with Crippen molar-refractivity contribution in [3.8, 4) is 0 Å². The molecule has 1 saturated heterocycles. The van der Waals surface area contributed by atoms with Gasteiger partial charge in [-0.3, -0.25) is 9.59 Å². The van der Waals surface area contributed by atoms with E-state index in [1.54, 1.807) is 0 Å². The van der Waals surface area contributed by atoms with Crippen molar-refractivity contribution in [2.75, 3.05) is 20.2 Å². The molecular formula is C12H19NO3. The first-order valence-corrected chi connectivity index (χ1v) is 5.98. The monoisotopic (exact) mass is 225 g/mol. The standard InChI is InChI=1S/C12H19NO3/c1-9-3-7-13(8-4-9)10(14)12(5-6-12)11(15)16-2/h9H,3-8H2,1-2H3. The van der Waals surface area contributed by atoms with E-state index in [2.05, 4.69) is 6.92 Å². The fourth-order valence-corrected chi connectivity index (χ4v) is 2.34. The number of carbonyl (C=O) groups excluding carboxylic acids is 2. The van der Waals surface area contributed by atoms with E-state index in [0.717, 1.165) is 25.9 Å². The zero-order chi connectivity index (χ0) is 11.8. The van der Waals surface area contributed by atoms with Gasteiger partial charge in [0.1, 0.15) is 5.41 Å². The number of esters is 1. The lowest BCUT2D eigenvalue weighted by atomic mass is 9.97. The molecule has 4 heteroatoms. The summed E-state index contributed by atoms with van der Waals surface area (Å²) in [6.07, 6.45) is 3.40. The maximum absolute atomic E-state index is 12.2. The third-order valence-electron chi connectivity index (χ3n) is 3.81. The molecular weight excluding hydrogens is 206 g/mol. The van der Waals surface area contributed by atoms with Crippen LogP contribution in [-0.2, 0) is 14.3 Å². The molecule has 1 amide bonds. The Bertz CT molecular complexity index is 301. The molecule has 2 rings (SSSR count). The molecule has 1 aliphatic carbocycles. The van der Waals surface area contributed by atoms with Crippen molar-refractivity contribution in [1.29, 1.82) is 0 Å². The van der Waals surface area contributed by atoms with Crippen LogP contribution in [0.1, 0.15) is 32.6 Å². The number of methoxy groups -OCH3 is 1. The second kappa shape index (κ2) is 4.07. The molecule has 0 spiro atoms. The first-order valence-electron chi connectivity index (χ1n) is 5.98. The molecule has 0 aromatic rings. The van der Waals surface area contributed by atoms with Gasteiger partial charge in [0, 0.05) is 13.1 Å². The Kier molecular flexibility index (Phi) is 2.91. The summed E-state index contributed by atoms with van der Waals surface area (Å²) in [7, 11) is 1.36. The number of carbonyl (C=O) groups is 2. The smallest absolute Gasteiger partial charge is 0.321 e. The molecule has 0 unspecified atom stereocenters. The van der Waals surface area contributed by atoms with Gasteiger partial charge < -0.3 is 9.64 Å². The predicted octanol–water partition coefficient (Wildman–Crippen LogP) is 1.20. The van der Waals surface area contributed by atoms with Crippen LogP contribution in [0, 0.1) is 11.3 Å². The largest absolute Gasteiger partial charge is 0.468 e. The van der Waals surface area contributed by atoms with Gasteiger partial charge in [0.25, 0.3) is 0 Å².